The van der Waals surface area contributed by atoms with E-state index in [0.29, 0.717) is 18.6 Å². The predicted molar refractivity (Wildman–Crippen MR) is 96.3 cm³/mol. The van der Waals surface area contributed by atoms with E-state index in [1.165, 1.54) is 24.8 Å². The van der Waals surface area contributed by atoms with Crippen LogP contribution in [-0.2, 0) is 11.2 Å². The lowest BCUT2D eigenvalue weighted by Crippen LogP contribution is -2.49. The predicted octanol–water partition coefficient (Wildman–Crippen LogP) is 2.96. The van der Waals surface area contributed by atoms with Gasteiger partial charge in [-0.15, -0.1) is 0 Å². The van der Waals surface area contributed by atoms with Crippen LogP contribution in [0.1, 0.15) is 37.7 Å². The lowest BCUT2D eigenvalue weighted by Gasteiger charge is -2.38. The summed E-state index contributed by atoms with van der Waals surface area (Å²) in [7, 11) is 4.15. The number of hydrogen-bond acceptors (Lipinski definition) is 3. The highest BCUT2D eigenvalue weighted by Gasteiger charge is 2.33. The van der Waals surface area contributed by atoms with Gasteiger partial charge >= 0.3 is 0 Å². The molecule has 4 nitrogen and oxygen atoms in total. The largest absolute Gasteiger partial charge is 0.492 e. The Morgan fingerprint density at radius 1 is 1.12 bits per heavy atom. The summed E-state index contributed by atoms with van der Waals surface area (Å²) in [6.07, 6.45) is 6.93. The van der Waals surface area contributed by atoms with Crippen molar-refractivity contribution in [3.05, 3.63) is 29.8 Å². The van der Waals surface area contributed by atoms with Crippen LogP contribution in [0.3, 0.4) is 0 Å². The number of ether oxygens (including phenoxy) is 1. The Balaban J connectivity index is 1.70. The van der Waals surface area contributed by atoms with Gasteiger partial charge in [0.25, 0.3) is 0 Å². The van der Waals surface area contributed by atoms with Gasteiger partial charge in [0.15, 0.2) is 0 Å². The van der Waals surface area contributed by atoms with Crippen molar-refractivity contribution in [2.45, 2.75) is 44.6 Å². The number of amides is 1. The number of fused-ring (bicyclic) bond motifs is 1. The van der Waals surface area contributed by atoms with E-state index >= 15 is 0 Å². The van der Waals surface area contributed by atoms with Gasteiger partial charge in [0, 0.05) is 19.1 Å². The summed E-state index contributed by atoms with van der Waals surface area (Å²) < 4.78 is 5.86. The van der Waals surface area contributed by atoms with Crippen molar-refractivity contribution in [3.63, 3.8) is 0 Å². The minimum Gasteiger partial charge on any atom is -0.492 e. The summed E-state index contributed by atoms with van der Waals surface area (Å²) in [4.78, 5) is 17.6. The molecule has 1 aromatic rings. The first-order chi connectivity index (χ1) is 11.6. The van der Waals surface area contributed by atoms with Crippen LogP contribution >= 0.6 is 0 Å². The van der Waals surface area contributed by atoms with Crippen LogP contribution in [0.5, 0.6) is 5.75 Å². The highest BCUT2D eigenvalue weighted by Crippen LogP contribution is 2.30. The molecule has 2 aliphatic rings. The molecular weight excluding hydrogens is 300 g/mol. The zero-order valence-electron chi connectivity index (χ0n) is 15.0. The molecule has 24 heavy (non-hydrogen) atoms. The second-order valence-electron chi connectivity index (χ2n) is 7.45. The van der Waals surface area contributed by atoms with Crippen LogP contribution in [0.25, 0.3) is 0 Å². The van der Waals surface area contributed by atoms with E-state index in [1.54, 1.807) is 0 Å². The Labute approximate surface area is 145 Å². The van der Waals surface area contributed by atoms with E-state index in [4.69, 9.17) is 4.74 Å². The molecule has 1 fully saturated rings. The average Bonchev–Trinajstić information content (AvgIpc) is 2.62. The Bertz CT molecular complexity index is 552. The lowest BCUT2D eigenvalue weighted by molar-refractivity contribution is -0.140. The van der Waals surface area contributed by atoms with Crippen molar-refractivity contribution in [2.24, 2.45) is 5.92 Å². The summed E-state index contributed by atoms with van der Waals surface area (Å²) >= 11 is 0. The van der Waals surface area contributed by atoms with E-state index in [-0.39, 0.29) is 5.92 Å². The van der Waals surface area contributed by atoms with E-state index in [2.05, 4.69) is 30.0 Å². The molecule has 1 amide bonds. The third kappa shape index (κ3) is 4.10. The number of benzene rings is 1. The number of carbonyl (C=O) groups is 1. The fourth-order valence-electron chi connectivity index (χ4n) is 3.89. The zero-order valence-corrected chi connectivity index (χ0v) is 15.0. The first kappa shape index (κ1) is 17.3. The summed E-state index contributed by atoms with van der Waals surface area (Å²) in [6, 6.07) is 8.52. The highest BCUT2D eigenvalue weighted by molar-refractivity contribution is 5.80. The van der Waals surface area contributed by atoms with Crippen LogP contribution in [0.15, 0.2) is 24.3 Å². The maximum atomic E-state index is 13.2. The number of rotatable bonds is 5. The van der Waals surface area contributed by atoms with Gasteiger partial charge in [-0.1, -0.05) is 37.5 Å². The van der Waals surface area contributed by atoms with Crippen molar-refractivity contribution in [3.8, 4) is 5.75 Å². The molecule has 0 bridgehead atoms. The van der Waals surface area contributed by atoms with Gasteiger partial charge in [-0.25, -0.2) is 0 Å². The summed E-state index contributed by atoms with van der Waals surface area (Å²) in [6.45, 7) is 2.27. The molecule has 4 heteroatoms. The molecule has 1 atom stereocenters. The number of nitrogens with zero attached hydrogens (tertiary/aromatic N) is 2. The topological polar surface area (TPSA) is 32.8 Å². The van der Waals surface area contributed by atoms with Crippen LogP contribution in [0, 0.1) is 5.92 Å². The van der Waals surface area contributed by atoms with Crippen LogP contribution in [0.4, 0.5) is 0 Å². The van der Waals surface area contributed by atoms with Gasteiger partial charge in [0.1, 0.15) is 12.4 Å². The second-order valence-corrected chi connectivity index (χ2v) is 7.45. The normalized spacial score (nSPS) is 21.2. The highest BCUT2D eigenvalue weighted by atomic mass is 16.5. The molecule has 0 unspecified atom stereocenters. The Hall–Kier alpha value is -1.55. The third-order valence-corrected chi connectivity index (χ3v) is 5.31. The molecule has 0 N–H and O–H groups in total. The maximum absolute atomic E-state index is 13.2. The van der Waals surface area contributed by atoms with Gasteiger partial charge in [-0.3, -0.25) is 4.79 Å². The first-order valence-corrected chi connectivity index (χ1v) is 9.31. The maximum Gasteiger partial charge on any atom is 0.229 e. The molecule has 0 radical (unpaired) electrons. The van der Waals surface area contributed by atoms with E-state index in [0.717, 1.165) is 38.1 Å². The lowest BCUT2D eigenvalue weighted by atomic mass is 9.91. The number of carbonyl (C=O) groups excluding carboxylic acids is 1. The minimum absolute atomic E-state index is 0.0380. The number of likely N-dealkylation sites (N-methyl/N-ethyl adjacent to an activating group) is 1. The van der Waals surface area contributed by atoms with Crippen molar-refractivity contribution in [1.29, 1.82) is 0 Å². The van der Waals surface area contributed by atoms with Crippen LogP contribution in [-0.4, -0.2) is 55.5 Å². The van der Waals surface area contributed by atoms with Gasteiger partial charge in [-0.2, -0.15) is 0 Å². The summed E-state index contributed by atoms with van der Waals surface area (Å²) in [5.41, 5.74) is 1.17. The van der Waals surface area contributed by atoms with Gasteiger partial charge < -0.3 is 14.5 Å². The third-order valence-electron chi connectivity index (χ3n) is 5.31. The monoisotopic (exact) mass is 330 g/mol. The first-order valence-electron chi connectivity index (χ1n) is 9.31. The zero-order chi connectivity index (χ0) is 16.9. The van der Waals surface area contributed by atoms with Gasteiger partial charge in [-0.05, 0) is 45.0 Å². The molecule has 132 valence electrons. The molecule has 1 aromatic carbocycles. The molecule has 0 spiro atoms. The van der Waals surface area contributed by atoms with Crippen LogP contribution in [0.2, 0.25) is 0 Å². The second kappa shape index (κ2) is 8.02. The molecule has 0 saturated heterocycles. The average molecular weight is 330 g/mol. The summed E-state index contributed by atoms with van der Waals surface area (Å²) in [5.74, 6) is 1.20. The Morgan fingerprint density at radius 3 is 2.62 bits per heavy atom. The molecular formula is C20H30N2O2. The quantitative estimate of drug-likeness (QED) is 0.832. The fraction of sp³-hybridized carbons (Fsp3) is 0.650. The SMILES string of the molecule is CN(C)CCN(C(=O)[C@H]1COc2ccccc2C1)C1CCCCC1. The minimum atomic E-state index is -0.0380. The van der Waals surface area contributed by atoms with Gasteiger partial charge in [0.2, 0.25) is 5.91 Å². The molecule has 1 aliphatic heterocycles. The molecule has 1 aliphatic carbocycles. The molecule has 3 rings (SSSR count). The van der Waals surface area contributed by atoms with Crippen molar-refractivity contribution >= 4 is 5.91 Å². The van der Waals surface area contributed by atoms with Crippen molar-refractivity contribution in [1.82, 2.24) is 9.80 Å². The Kier molecular flexibility index (Phi) is 5.77. The number of para-hydroxylation sites is 1. The molecule has 0 aromatic heterocycles. The Morgan fingerprint density at radius 2 is 1.88 bits per heavy atom. The molecule has 1 heterocycles. The van der Waals surface area contributed by atoms with Crippen molar-refractivity contribution in [2.75, 3.05) is 33.8 Å². The number of hydrogen-bond donors (Lipinski definition) is 0. The van der Waals surface area contributed by atoms with E-state index < -0.39 is 0 Å². The standard InChI is InChI=1S/C20H30N2O2/c1-21(2)12-13-22(18-9-4-3-5-10-18)20(23)17-14-16-8-6-7-11-19(16)24-15-17/h6-8,11,17-18H,3-5,9-10,12-15H2,1-2H3/t17-/m1/s1. The molecule has 1 saturated carbocycles. The van der Waals surface area contributed by atoms with E-state index in [9.17, 15) is 4.79 Å². The van der Waals surface area contributed by atoms with Gasteiger partial charge in [0.05, 0.1) is 5.92 Å². The van der Waals surface area contributed by atoms with Crippen molar-refractivity contribution < 1.29 is 9.53 Å². The summed E-state index contributed by atoms with van der Waals surface area (Å²) in [5, 5.41) is 0. The smallest absolute Gasteiger partial charge is 0.229 e. The van der Waals surface area contributed by atoms with E-state index in [1.807, 2.05) is 18.2 Å². The fourth-order valence-corrected chi connectivity index (χ4v) is 3.89. The van der Waals surface area contributed by atoms with Crippen LogP contribution < -0.4 is 4.74 Å².